The van der Waals surface area contributed by atoms with Crippen molar-refractivity contribution in [2.24, 2.45) is 0 Å². The standard InChI is InChI=1S/C29H44N6O2S/c1-21(2)34-13-7-10-24(19-34)33-14-16-35(17-15-33)32-28(36)31-29-30-26(20-38-29)25-18-23(11-12-27(25)37-3)22-8-5-4-6-9-22/h11-12,18,20-22,24H,4-10,13-17,19H2,1-3H3,(H2,30,31,32,36). The number of thiazole rings is 1. The molecule has 38 heavy (non-hydrogen) atoms. The van der Waals surface area contributed by atoms with E-state index in [0.29, 0.717) is 23.1 Å². The van der Waals surface area contributed by atoms with E-state index >= 15 is 0 Å². The van der Waals surface area contributed by atoms with Crippen molar-refractivity contribution in [2.75, 3.05) is 51.7 Å². The number of hydrogen-bond donors (Lipinski definition) is 2. The maximum absolute atomic E-state index is 12.8. The van der Waals surface area contributed by atoms with E-state index < -0.39 is 0 Å². The summed E-state index contributed by atoms with van der Waals surface area (Å²) in [5.74, 6) is 1.43. The number of methoxy groups -OCH3 is 1. The Morgan fingerprint density at radius 2 is 1.84 bits per heavy atom. The number of carbonyl (C=O) groups is 1. The average Bonchev–Trinajstić information content (AvgIpc) is 3.41. The molecule has 2 saturated heterocycles. The summed E-state index contributed by atoms with van der Waals surface area (Å²) in [6.45, 7) is 10.6. The number of nitrogens with zero attached hydrogens (tertiary/aromatic N) is 4. The van der Waals surface area contributed by atoms with E-state index in [9.17, 15) is 4.79 Å². The second-order valence-corrected chi connectivity index (χ2v) is 12.2. The molecule has 1 saturated carbocycles. The van der Waals surface area contributed by atoms with Gasteiger partial charge in [-0.15, -0.1) is 11.3 Å². The number of hydrogen-bond acceptors (Lipinski definition) is 7. The largest absolute Gasteiger partial charge is 0.496 e. The molecule has 9 heteroatoms. The van der Waals surface area contributed by atoms with Gasteiger partial charge in [0.25, 0.3) is 0 Å². The summed E-state index contributed by atoms with van der Waals surface area (Å²) in [4.78, 5) is 22.7. The topological polar surface area (TPSA) is 73.0 Å². The monoisotopic (exact) mass is 540 g/mol. The molecular weight excluding hydrogens is 496 g/mol. The maximum Gasteiger partial charge on any atom is 0.335 e. The van der Waals surface area contributed by atoms with Crippen LogP contribution in [0.25, 0.3) is 11.3 Å². The normalized spacial score (nSPS) is 22.5. The quantitative estimate of drug-likeness (QED) is 0.490. The van der Waals surface area contributed by atoms with Crippen molar-refractivity contribution < 1.29 is 9.53 Å². The third-order valence-electron chi connectivity index (χ3n) is 8.55. The first-order valence-corrected chi connectivity index (χ1v) is 15.3. The zero-order valence-corrected chi connectivity index (χ0v) is 24.1. The molecule has 1 aromatic heterocycles. The van der Waals surface area contributed by atoms with Gasteiger partial charge >= 0.3 is 6.03 Å². The van der Waals surface area contributed by atoms with Gasteiger partial charge in [-0.25, -0.2) is 14.8 Å². The first kappa shape index (κ1) is 27.4. The van der Waals surface area contributed by atoms with Gasteiger partial charge in [-0.05, 0) is 69.7 Å². The summed E-state index contributed by atoms with van der Waals surface area (Å²) in [5, 5.41) is 7.57. The molecule has 1 aliphatic carbocycles. The molecule has 0 bridgehead atoms. The summed E-state index contributed by atoms with van der Waals surface area (Å²) in [5.41, 5.74) is 6.23. The first-order valence-electron chi connectivity index (χ1n) is 14.4. The van der Waals surface area contributed by atoms with E-state index in [1.165, 1.54) is 68.4 Å². The second kappa shape index (κ2) is 12.8. The van der Waals surface area contributed by atoms with Gasteiger partial charge in [0, 0.05) is 55.8 Å². The summed E-state index contributed by atoms with van der Waals surface area (Å²) in [6, 6.07) is 7.50. The molecule has 208 valence electrons. The molecule has 3 aliphatic rings. The number of likely N-dealkylation sites (tertiary alicyclic amines) is 1. The molecule has 3 heterocycles. The molecule has 2 N–H and O–H groups in total. The van der Waals surface area contributed by atoms with Crippen molar-refractivity contribution in [3.8, 4) is 17.0 Å². The van der Waals surface area contributed by atoms with Crippen molar-refractivity contribution in [1.29, 1.82) is 0 Å². The molecular formula is C29H44N6O2S. The Hall–Kier alpha value is -2.20. The van der Waals surface area contributed by atoms with Crippen LogP contribution in [-0.4, -0.2) is 84.3 Å². The van der Waals surface area contributed by atoms with Gasteiger partial charge in [0.15, 0.2) is 5.13 Å². The van der Waals surface area contributed by atoms with Gasteiger partial charge in [-0.1, -0.05) is 25.3 Å². The van der Waals surface area contributed by atoms with E-state index in [1.807, 2.05) is 10.4 Å². The molecule has 1 atom stereocenters. The Labute approximate surface area is 231 Å². The van der Waals surface area contributed by atoms with E-state index in [4.69, 9.17) is 9.72 Å². The van der Waals surface area contributed by atoms with Crippen molar-refractivity contribution in [2.45, 2.75) is 76.8 Å². The SMILES string of the molecule is COc1ccc(C2CCCCC2)cc1-c1csc(NC(=O)NN2CCN(C3CCCN(C(C)C)C3)CC2)n1. The number of benzene rings is 1. The number of nitrogens with one attached hydrogen (secondary N) is 2. The Balaban J connectivity index is 1.14. The zero-order valence-electron chi connectivity index (χ0n) is 23.2. The summed E-state index contributed by atoms with van der Waals surface area (Å²) < 4.78 is 5.65. The highest BCUT2D eigenvalue weighted by molar-refractivity contribution is 7.14. The number of urea groups is 1. The van der Waals surface area contributed by atoms with Crippen molar-refractivity contribution >= 4 is 22.5 Å². The van der Waals surface area contributed by atoms with Crippen LogP contribution in [-0.2, 0) is 0 Å². The van der Waals surface area contributed by atoms with Crippen LogP contribution in [0.3, 0.4) is 0 Å². The second-order valence-electron chi connectivity index (χ2n) is 11.3. The molecule has 0 spiro atoms. The van der Waals surface area contributed by atoms with Crippen LogP contribution in [0.1, 0.15) is 70.3 Å². The molecule has 3 fully saturated rings. The third-order valence-corrected chi connectivity index (χ3v) is 9.31. The predicted octanol–water partition coefficient (Wildman–Crippen LogP) is 5.39. The van der Waals surface area contributed by atoms with E-state index in [1.54, 1.807) is 7.11 Å². The molecule has 1 unspecified atom stereocenters. The summed E-state index contributed by atoms with van der Waals surface area (Å²) in [6.07, 6.45) is 9.00. The fourth-order valence-electron chi connectivity index (χ4n) is 6.29. The lowest BCUT2D eigenvalue weighted by atomic mass is 9.83. The predicted molar refractivity (Wildman–Crippen MR) is 155 cm³/mol. The average molecular weight is 541 g/mol. The molecule has 2 amide bonds. The van der Waals surface area contributed by atoms with Crippen LogP contribution in [0.2, 0.25) is 0 Å². The molecule has 2 aliphatic heterocycles. The fourth-order valence-corrected chi connectivity index (χ4v) is 6.99. The highest BCUT2D eigenvalue weighted by atomic mass is 32.1. The molecule has 2 aromatic rings. The number of rotatable bonds is 7. The van der Waals surface area contributed by atoms with Crippen molar-refractivity contribution in [1.82, 2.24) is 25.2 Å². The summed E-state index contributed by atoms with van der Waals surface area (Å²) >= 11 is 1.45. The lowest BCUT2D eigenvalue weighted by Gasteiger charge is -2.44. The van der Waals surface area contributed by atoms with Crippen LogP contribution < -0.4 is 15.5 Å². The number of anilines is 1. The minimum Gasteiger partial charge on any atom is -0.496 e. The van der Waals surface area contributed by atoms with E-state index in [0.717, 1.165) is 49.7 Å². The molecule has 8 nitrogen and oxygen atoms in total. The third kappa shape index (κ3) is 6.68. The van der Waals surface area contributed by atoms with Crippen LogP contribution in [0.4, 0.5) is 9.93 Å². The van der Waals surface area contributed by atoms with Gasteiger partial charge in [-0.2, -0.15) is 0 Å². The lowest BCUT2D eigenvalue weighted by Crippen LogP contribution is -2.59. The van der Waals surface area contributed by atoms with Crippen LogP contribution in [0.15, 0.2) is 23.6 Å². The maximum atomic E-state index is 12.8. The van der Waals surface area contributed by atoms with Gasteiger partial charge in [0.2, 0.25) is 0 Å². The van der Waals surface area contributed by atoms with Gasteiger partial charge in [0.1, 0.15) is 5.75 Å². The van der Waals surface area contributed by atoms with Crippen molar-refractivity contribution in [3.05, 3.63) is 29.1 Å². The summed E-state index contributed by atoms with van der Waals surface area (Å²) in [7, 11) is 1.70. The first-order chi connectivity index (χ1) is 18.5. The highest BCUT2D eigenvalue weighted by Gasteiger charge is 2.29. The molecule has 0 radical (unpaired) electrons. The fraction of sp³-hybridized carbons (Fsp3) is 0.655. The zero-order chi connectivity index (χ0) is 26.5. The number of piperidine rings is 1. The lowest BCUT2D eigenvalue weighted by molar-refractivity contribution is 0.0326. The minimum atomic E-state index is -0.231. The van der Waals surface area contributed by atoms with Crippen LogP contribution >= 0.6 is 11.3 Å². The molecule has 5 rings (SSSR count). The van der Waals surface area contributed by atoms with E-state index in [2.05, 4.69) is 52.6 Å². The Kier molecular flexibility index (Phi) is 9.20. The number of hydrazine groups is 1. The van der Waals surface area contributed by atoms with Crippen molar-refractivity contribution in [3.63, 3.8) is 0 Å². The van der Waals surface area contributed by atoms with Gasteiger partial charge in [0.05, 0.1) is 12.8 Å². The Morgan fingerprint density at radius 1 is 1.05 bits per heavy atom. The molecule has 1 aromatic carbocycles. The van der Waals surface area contributed by atoms with Crippen LogP contribution in [0.5, 0.6) is 5.75 Å². The number of ether oxygens (including phenoxy) is 1. The van der Waals surface area contributed by atoms with E-state index in [-0.39, 0.29) is 6.03 Å². The van der Waals surface area contributed by atoms with Crippen LogP contribution in [0, 0.1) is 0 Å². The Morgan fingerprint density at radius 3 is 2.58 bits per heavy atom. The van der Waals surface area contributed by atoms with Gasteiger partial charge in [-0.3, -0.25) is 20.5 Å². The highest BCUT2D eigenvalue weighted by Crippen LogP contribution is 2.38. The minimum absolute atomic E-state index is 0.231. The smallest absolute Gasteiger partial charge is 0.335 e. The number of carbonyl (C=O) groups excluding carboxylic acids is 1. The number of aromatic nitrogens is 1. The number of amides is 2. The Bertz CT molecular complexity index is 1060. The number of piperazine rings is 1. The van der Waals surface area contributed by atoms with Gasteiger partial charge < -0.3 is 4.74 Å².